The van der Waals surface area contributed by atoms with Crippen LogP contribution in [-0.4, -0.2) is 9.90 Å². The highest BCUT2D eigenvalue weighted by Gasteiger charge is 2.12. The van der Waals surface area contributed by atoms with E-state index in [0.29, 0.717) is 17.8 Å². The summed E-state index contributed by atoms with van der Waals surface area (Å²) in [6.45, 7) is 2.55. The molecule has 1 aromatic carbocycles. The average molecular weight is 328 g/mol. The molecule has 3 nitrogen and oxygen atoms in total. The maximum atomic E-state index is 12.3. The summed E-state index contributed by atoms with van der Waals surface area (Å²) in [6, 6.07) is 7.26. The summed E-state index contributed by atoms with van der Waals surface area (Å²) in [7, 11) is 0. The number of aromatic nitrogens is 1. The third-order valence-electron chi connectivity index (χ3n) is 3.02. The Morgan fingerprint density at radius 1 is 1.33 bits per heavy atom. The lowest BCUT2D eigenvalue weighted by molar-refractivity contribution is 0.466. The van der Waals surface area contributed by atoms with Crippen molar-refractivity contribution in [3.63, 3.8) is 0 Å². The predicted molar refractivity (Wildman–Crippen MR) is 79.9 cm³/mol. The molecule has 0 aliphatic heterocycles. The fourth-order valence-corrected chi connectivity index (χ4v) is 3.34. The molecule has 1 aromatic heterocycles. The van der Waals surface area contributed by atoms with Crippen molar-refractivity contribution in [1.82, 2.24) is 4.57 Å². The zero-order chi connectivity index (χ0) is 13.1. The van der Waals surface area contributed by atoms with E-state index in [0.717, 1.165) is 27.8 Å². The van der Waals surface area contributed by atoms with Crippen LogP contribution in [0.25, 0.3) is 10.1 Å². The quantitative estimate of drug-likeness (QED) is 0.810. The van der Waals surface area contributed by atoms with Gasteiger partial charge in [0.1, 0.15) is 0 Å². The van der Waals surface area contributed by atoms with Crippen molar-refractivity contribution >= 4 is 37.4 Å². The van der Waals surface area contributed by atoms with Gasteiger partial charge in [-0.3, -0.25) is 14.2 Å². The third-order valence-corrected chi connectivity index (χ3v) is 4.90. The Hall–Kier alpha value is -0.940. The van der Waals surface area contributed by atoms with Crippen LogP contribution in [0.5, 0.6) is 0 Å². The Balaban J connectivity index is 2.58. The molecular formula is C13H14BrNO2S. The molecule has 0 radical (unpaired) electrons. The lowest BCUT2D eigenvalue weighted by atomic mass is 10.1. The molecule has 1 unspecified atom stereocenters. The van der Waals surface area contributed by atoms with Gasteiger partial charge in [0.2, 0.25) is 0 Å². The summed E-state index contributed by atoms with van der Waals surface area (Å²) in [5.41, 5.74) is -0.172. The number of alkyl halides is 1. The third kappa shape index (κ3) is 2.57. The maximum absolute atomic E-state index is 12.3. The number of hydrogen-bond donors (Lipinski definition) is 0. The summed E-state index contributed by atoms with van der Waals surface area (Å²) in [4.78, 5) is 24.1. The van der Waals surface area contributed by atoms with Crippen LogP contribution in [-0.2, 0) is 6.54 Å². The summed E-state index contributed by atoms with van der Waals surface area (Å²) in [5, 5.41) is 1.43. The van der Waals surface area contributed by atoms with Crippen molar-refractivity contribution in [3.8, 4) is 0 Å². The van der Waals surface area contributed by atoms with Crippen LogP contribution < -0.4 is 10.4 Å². The topological polar surface area (TPSA) is 39.1 Å². The molecule has 0 amide bonds. The molecule has 2 aromatic rings. The van der Waals surface area contributed by atoms with Gasteiger partial charge in [-0.2, -0.15) is 0 Å². The molecule has 5 heteroatoms. The van der Waals surface area contributed by atoms with E-state index in [1.165, 1.54) is 4.57 Å². The molecule has 96 valence electrons. The van der Waals surface area contributed by atoms with Gasteiger partial charge >= 0.3 is 4.87 Å². The molecule has 1 atom stereocenters. The van der Waals surface area contributed by atoms with Gasteiger partial charge < -0.3 is 0 Å². The smallest absolute Gasteiger partial charge is 0.269 e. The van der Waals surface area contributed by atoms with Crippen molar-refractivity contribution < 1.29 is 0 Å². The van der Waals surface area contributed by atoms with E-state index in [2.05, 4.69) is 22.9 Å². The molecular weight excluding hydrogens is 314 g/mol. The van der Waals surface area contributed by atoms with Crippen LogP contribution in [0.1, 0.15) is 13.3 Å². The van der Waals surface area contributed by atoms with Crippen LogP contribution in [0.15, 0.2) is 33.9 Å². The molecule has 0 N–H and O–H groups in total. The molecule has 0 aliphatic rings. The fraction of sp³-hybridized carbons (Fsp3) is 0.385. The Morgan fingerprint density at radius 3 is 2.72 bits per heavy atom. The minimum Gasteiger partial charge on any atom is -0.269 e. The Morgan fingerprint density at radius 2 is 2.06 bits per heavy atom. The highest BCUT2D eigenvalue weighted by molar-refractivity contribution is 9.09. The first-order valence-corrected chi connectivity index (χ1v) is 7.79. The van der Waals surface area contributed by atoms with Gasteiger partial charge in [0.05, 0.1) is 5.39 Å². The first kappa shape index (κ1) is 13.5. The summed E-state index contributed by atoms with van der Waals surface area (Å²) in [5.74, 6) is 0.309. The first-order valence-electron chi connectivity index (χ1n) is 5.86. The summed E-state index contributed by atoms with van der Waals surface area (Å²) >= 11 is 4.56. The molecule has 18 heavy (non-hydrogen) atoms. The van der Waals surface area contributed by atoms with Gasteiger partial charge in [0, 0.05) is 16.6 Å². The van der Waals surface area contributed by atoms with E-state index in [9.17, 15) is 9.59 Å². The molecule has 0 aliphatic carbocycles. The number of nitrogens with zero attached hydrogens (tertiary/aromatic N) is 1. The Kier molecular flexibility index (Phi) is 4.35. The number of benzene rings is 1. The largest absolute Gasteiger partial charge is 0.310 e. The molecule has 0 bridgehead atoms. The van der Waals surface area contributed by atoms with Crippen LogP contribution in [0.3, 0.4) is 0 Å². The van der Waals surface area contributed by atoms with Crippen LogP contribution in [0, 0.1) is 5.92 Å². The molecule has 0 saturated carbocycles. The zero-order valence-electron chi connectivity index (χ0n) is 10.1. The molecule has 0 spiro atoms. The SMILES string of the molecule is CCC(CBr)Cn1c(=O)sc2ccccc2c1=O. The lowest BCUT2D eigenvalue weighted by Crippen LogP contribution is -2.33. The lowest BCUT2D eigenvalue weighted by Gasteiger charge is -2.12. The predicted octanol–water partition coefficient (Wildman–Crippen LogP) is 2.84. The monoisotopic (exact) mass is 327 g/mol. The van der Waals surface area contributed by atoms with Crippen LogP contribution in [0.4, 0.5) is 0 Å². The van der Waals surface area contributed by atoms with Gasteiger partial charge in [-0.1, -0.05) is 52.7 Å². The zero-order valence-corrected chi connectivity index (χ0v) is 12.5. The summed E-state index contributed by atoms with van der Waals surface area (Å²) < 4.78 is 2.12. The normalized spacial score (nSPS) is 12.8. The van der Waals surface area contributed by atoms with Gasteiger partial charge in [-0.15, -0.1) is 0 Å². The summed E-state index contributed by atoms with van der Waals surface area (Å²) in [6.07, 6.45) is 0.939. The van der Waals surface area contributed by atoms with Crippen LogP contribution in [0.2, 0.25) is 0 Å². The highest BCUT2D eigenvalue weighted by Crippen LogP contribution is 2.13. The van der Waals surface area contributed by atoms with Crippen molar-refractivity contribution in [2.24, 2.45) is 5.92 Å². The fourth-order valence-electron chi connectivity index (χ4n) is 1.81. The second-order valence-corrected chi connectivity index (χ2v) is 5.85. The van der Waals surface area contributed by atoms with Crippen molar-refractivity contribution in [3.05, 3.63) is 44.3 Å². The van der Waals surface area contributed by atoms with Gasteiger partial charge in [0.15, 0.2) is 0 Å². The van der Waals surface area contributed by atoms with E-state index < -0.39 is 0 Å². The molecule has 0 saturated heterocycles. The van der Waals surface area contributed by atoms with E-state index in [-0.39, 0.29) is 10.4 Å². The first-order chi connectivity index (χ1) is 8.67. The standard InChI is InChI=1S/C13H14BrNO2S/c1-2-9(7-14)8-15-12(16)10-5-3-4-6-11(10)18-13(15)17/h3-6,9H,2,7-8H2,1H3. The van der Waals surface area contributed by atoms with Crippen molar-refractivity contribution in [1.29, 1.82) is 0 Å². The average Bonchev–Trinajstić information content (AvgIpc) is 2.39. The number of rotatable bonds is 4. The van der Waals surface area contributed by atoms with E-state index in [1.807, 2.05) is 18.2 Å². The maximum Gasteiger partial charge on any atom is 0.310 e. The van der Waals surface area contributed by atoms with Crippen molar-refractivity contribution in [2.75, 3.05) is 5.33 Å². The number of fused-ring (bicyclic) bond motifs is 1. The number of hydrogen-bond acceptors (Lipinski definition) is 3. The van der Waals surface area contributed by atoms with Gasteiger partial charge in [0.25, 0.3) is 5.56 Å². The van der Waals surface area contributed by atoms with E-state index in [1.54, 1.807) is 6.07 Å². The Labute approximate surface area is 117 Å². The molecule has 2 rings (SSSR count). The second-order valence-electron chi connectivity index (χ2n) is 4.21. The highest BCUT2D eigenvalue weighted by atomic mass is 79.9. The van der Waals surface area contributed by atoms with E-state index >= 15 is 0 Å². The minimum atomic E-state index is -0.172. The molecule has 1 heterocycles. The molecule has 0 fully saturated rings. The van der Waals surface area contributed by atoms with Gasteiger partial charge in [-0.25, -0.2) is 0 Å². The van der Waals surface area contributed by atoms with Crippen LogP contribution >= 0.6 is 27.3 Å². The van der Waals surface area contributed by atoms with Crippen molar-refractivity contribution in [2.45, 2.75) is 19.9 Å². The Bertz CT molecular complexity index is 658. The second kappa shape index (κ2) is 5.80. The minimum absolute atomic E-state index is 0.168. The van der Waals surface area contributed by atoms with E-state index in [4.69, 9.17) is 0 Å². The number of halogens is 1. The van der Waals surface area contributed by atoms with Gasteiger partial charge in [-0.05, 0) is 18.1 Å².